The maximum atomic E-state index is 11.5. The third-order valence-electron chi connectivity index (χ3n) is 4.19. The van der Waals surface area contributed by atoms with E-state index in [1.165, 1.54) is 12.8 Å². The van der Waals surface area contributed by atoms with Gasteiger partial charge in [-0.1, -0.05) is 12.8 Å². The number of likely N-dealkylation sites (tertiary alicyclic amines) is 1. The third-order valence-corrected chi connectivity index (χ3v) is 4.19. The second-order valence-electron chi connectivity index (χ2n) is 6.10. The van der Waals surface area contributed by atoms with Crippen molar-refractivity contribution in [1.29, 1.82) is 0 Å². The number of carbonyl (C=O) groups excluding carboxylic acids is 1. The summed E-state index contributed by atoms with van der Waals surface area (Å²) in [5.41, 5.74) is 17.0. The summed E-state index contributed by atoms with van der Waals surface area (Å²) in [7, 11) is 1.65. The Kier molecular flexibility index (Phi) is 11.4. The summed E-state index contributed by atoms with van der Waals surface area (Å²) in [6, 6.07) is 0.749. The number of ether oxygens (including phenoxy) is 1. The van der Waals surface area contributed by atoms with E-state index in [4.69, 9.17) is 21.9 Å². The molecular formula is C15H35N5O2. The van der Waals surface area contributed by atoms with E-state index in [1.807, 2.05) is 4.90 Å². The van der Waals surface area contributed by atoms with Gasteiger partial charge in [0, 0.05) is 51.4 Å². The average molecular weight is 317 g/mol. The van der Waals surface area contributed by atoms with Crippen LogP contribution in [0.5, 0.6) is 0 Å². The van der Waals surface area contributed by atoms with Crippen molar-refractivity contribution in [2.75, 3.05) is 26.8 Å². The van der Waals surface area contributed by atoms with Gasteiger partial charge in [0.15, 0.2) is 0 Å². The van der Waals surface area contributed by atoms with E-state index in [9.17, 15) is 4.79 Å². The minimum atomic E-state index is 0. The zero-order chi connectivity index (χ0) is 15.7. The maximum Gasteiger partial charge on any atom is 0.222 e. The molecule has 22 heavy (non-hydrogen) atoms. The Bertz CT molecular complexity index is 294. The lowest BCUT2D eigenvalue weighted by Crippen LogP contribution is -2.43. The molecule has 132 valence electrons. The molecule has 0 aromatic heterocycles. The van der Waals surface area contributed by atoms with Crippen molar-refractivity contribution in [3.05, 3.63) is 0 Å². The van der Waals surface area contributed by atoms with Gasteiger partial charge in [-0.3, -0.25) is 4.79 Å². The summed E-state index contributed by atoms with van der Waals surface area (Å²) < 4.78 is 4.88. The summed E-state index contributed by atoms with van der Waals surface area (Å²) in [6.45, 7) is 2.21. The number of hydrogen-bond donors (Lipinski definition) is 4. The molecule has 1 saturated heterocycles. The second-order valence-corrected chi connectivity index (χ2v) is 6.10. The van der Waals surface area contributed by atoms with E-state index in [1.54, 1.807) is 7.11 Å². The summed E-state index contributed by atoms with van der Waals surface area (Å²) >= 11 is 0. The largest absolute Gasteiger partial charge is 0.385 e. The van der Waals surface area contributed by atoms with Crippen LogP contribution in [0, 0.1) is 0 Å². The zero-order valence-electron chi connectivity index (χ0n) is 14.0. The highest BCUT2D eigenvalue weighted by Crippen LogP contribution is 2.14. The molecule has 0 aromatic carbocycles. The van der Waals surface area contributed by atoms with Gasteiger partial charge in [-0.25, -0.2) is 0 Å². The third kappa shape index (κ3) is 8.05. The van der Waals surface area contributed by atoms with Crippen LogP contribution in [0.2, 0.25) is 0 Å². The van der Waals surface area contributed by atoms with Gasteiger partial charge in [-0.2, -0.15) is 0 Å². The summed E-state index contributed by atoms with van der Waals surface area (Å²) in [6.07, 6.45) is 7.13. The number of carbonyl (C=O) groups is 1. The lowest BCUT2D eigenvalue weighted by Gasteiger charge is -2.24. The van der Waals surface area contributed by atoms with Crippen LogP contribution in [0.4, 0.5) is 0 Å². The van der Waals surface area contributed by atoms with Gasteiger partial charge in [0.1, 0.15) is 0 Å². The van der Waals surface area contributed by atoms with Crippen molar-refractivity contribution in [1.82, 2.24) is 11.1 Å². The van der Waals surface area contributed by atoms with Crippen molar-refractivity contribution in [3.63, 3.8) is 0 Å². The fraction of sp³-hybridized carbons (Fsp3) is 0.933. The highest BCUT2D eigenvalue weighted by atomic mass is 16.5. The molecule has 3 atom stereocenters. The SMILES string of the molecule is COCCCC(=O)N1CCC(N)C1.N.NC1CCCC[C@H]1N. The van der Waals surface area contributed by atoms with E-state index >= 15 is 0 Å². The Morgan fingerprint density at radius 3 is 2.14 bits per heavy atom. The molecule has 1 saturated carbocycles. The number of rotatable bonds is 4. The fourth-order valence-corrected chi connectivity index (χ4v) is 2.73. The quantitative estimate of drug-likeness (QED) is 0.551. The molecule has 9 N–H and O–H groups in total. The van der Waals surface area contributed by atoms with E-state index in [0.29, 0.717) is 13.0 Å². The molecule has 2 fully saturated rings. The fourth-order valence-electron chi connectivity index (χ4n) is 2.73. The van der Waals surface area contributed by atoms with Crippen molar-refractivity contribution in [2.24, 2.45) is 17.2 Å². The van der Waals surface area contributed by atoms with Gasteiger partial charge in [0.2, 0.25) is 5.91 Å². The molecule has 1 aliphatic carbocycles. The van der Waals surface area contributed by atoms with Gasteiger partial charge >= 0.3 is 0 Å². The zero-order valence-corrected chi connectivity index (χ0v) is 14.0. The Hall–Kier alpha value is -0.730. The molecule has 1 aliphatic heterocycles. The highest BCUT2D eigenvalue weighted by molar-refractivity contribution is 5.76. The standard InChI is InChI=1S/C9H18N2O2.C6H14N2.H3N/c1-13-6-2-3-9(12)11-5-4-8(10)7-11;7-5-3-1-2-4-6(5)8;/h8H,2-7,10H2,1H3;5-6H,1-4,7-8H2;1H3/t;5-,6?;/m.1./s1. The van der Waals surface area contributed by atoms with Crippen LogP contribution in [0.25, 0.3) is 0 Å². The summed E-state index contributed by atoms with van der Waals surface area (Å²) in [5.74, 6) is 0.213. The molecule has 2 unspecified atom stereocenters. The van der Waals surface area contributed by atoms with Crippen LogP contribution in [0.15, 0.2) is 0 Å². The minimum absolute atomic E-state index is 0. The topological polar surface area (TPSA) is 143 Å². The molecule has 7 heteroatoms. The van der Waals surface area contributed by atoms with E-state index in [2.05, 4.69) is 0 Å². The normalized spacial score (nSPS) is 27.6. The van der Waals surface area contributed by atoms with Crippen LogP contribution in [0.3, 0.4) is 0 Å². The van der Waals surface area contributed by atoms with Gasteiger partial charge < -0.3 is 33.0 Å². The number of methoxy groups -OCH3 is 1. The minimum Gasteiger partial charge on any atom is -0.385 e. The number of nitrogens with two attached hydrogens (primary N) is 3. The van der Waals surface area contributed by atoms with Crippen LogP contribution >= 0.6 is 0 Å². The van der Waals surface area contributed by atoms with Gasteiger partial charge in [0.25, 0.3) is 0 Å². The first-order chi connectivity index (χ1) is 10.0. The Morgan fingerprint density at radius 2 is 1.73 bits per heavy atom. The van der Waals surface area contributed by atoms with E-state index in [-0.39, 0.29) is 30.2 Å². The molecule has 1 heterocycles. The molecular weight excluding hydrogens is 282 g/mol. The number of nitrogens with zero attached hydrogens (tertiary/aromatic N) is 1. The molecule has 7 nitrogen and oxygen atoms in total. The summed E-state index contributed by atoms with van der Waals surface area (Å²) in [4.78, 5) is 13.3. The first-order valence-electron chi connectivity index (χ1n) is 8.08. The predicted octanol–water partition coefficient (Wildman–Crippen LogP) is 0.350. The number of hydrogen-bond acceptors (Lipinski definition) is 6. The average Bonchev–Trinajstić information content (AvgIpc) is 2.90. The van der Waals surface area contributed by atoms with E-state index < -0.39 is 0 Å². The molecule has 0 bridgehead atoms. The van der Waals surface area contributed by atoms with Crippen LogP contribution in [0.1, 0.15) is 44.9 Å². The van der Waals surface area contributed by atoms with Gasteiger partial charge in [-0.15, -0.1) is 0 Å². The Balaban J connectivity index is 0.000000423. The Morgan fingerprint density at radius 1 is 1.14 bits per heavy atom. The molecule has 0 aromatic rings. The smallest absolute Gasteiger partial charge is 0.222 e. The van der Waals surface area contributed by atoms with Gasteiger partial charge in [-0.05, 0) is 25.7 Å². The van der Waals surface area contributed by atoms with Crippen LogP contribution in [-0.2, 0) is 9.53 Å². The predicted molar refractivity (Wildman–Crippen MR) is 89.7 cm³/mol. The highest BCUT2D eigenvalue weighted by Gasteiger charge is 2.22. The lowest BCUT2D eigenvalue weighted by molar-refractivity contribution is -0.130. The van der Waals surface area contributed by atoms with Crippen molar-refractivity contribution in [2.45, 2.75) is 63.1 Å². The van der Waals surface area contributed by atoms with E-state index in [0.717, 1.165) is 38.8 Å². The van der Waals surface area contributed by atoms with Crippen LogP contribution in [-0.4, -0.2) is 55.7 Å². The molecule has 1 amide bonds. The van der Waals surface area contributed by atoms with Crippen molar-refractivity contribution < 1.29 is 9.53 Å². The number of amides is 1. The molecule has 0 spiro atoms. The lowest BCUT2D eigenvalue weighted by atomic mass is 9.92. The summed E-state index contributed by atoms with van der Waals surface area (Å²) in [5, 5.41) is 0. The van der Waals surface area contributed by atoms with Crippen molar-refractivity contribution in [3.8, 4) is 0 Å². The maximum absolute atomic E-state index is 11.5. The molecule has 0 radical (unpaired) electrons. The Labute approximate surface area is 134 Å². The molecule has 2 rings (SSSR count). The monoisotopic (exact) mass is 317 g/mol. The van der Waals surface area contributed by atoms with Gasteiger partial charge in [0.05, 0.1) is 0 Å². The first kappa shape index (κ1) is 21.3. The molecule has 2 aliphatic rings. The first-order valence-corrected chi connectivity index (χ1v) is 8.08. The second kappa shape index (κ2) is 11.8. The van der Waals surface area contributed by atoms with Crippen LogP contribution < -0.4 is 23.4 Å². The van der Waals surface area contributed by atoms with Crippen molar-refractivity contribution >= 4 is 5.91 Å².